The minimum atomic E-state index is -3.36. The molecule has 1 saturated heterocycles. The van der Waals surface area contributed by atoms with E-state index >= 15 is 0 Å². The van der Waals surface area contributed by atoms with Crippen LogP contribution in [0.5, 0.6) is 0 Å². The molecule has 0 atom stereocenters. The number of rotatable bonds is 6. The van der Waals surface area contributed by atoms with Gasteiger partial charge in [-0.2, -0.15) is 0 Å². The Kier molecular flexibility index (Phi) is 11.1. The van der Waals surface area contributed by atoms with E-state index in [1.54, 1.807) is 22.0 Å². The van der Waals surface area contributed by atoms with E-state index in [9.17, 15) is 0 Å². The summed E-state index contributed by atoms with van der Waals surface area (Å²) in [5.41, 5.74) is 6.33. The van der Waals surface area contributed by atoms with Crippen molar-refractivity contribution in [2.75, 3.05) is 36.0 Å². The van der Waals surface area contributed by atoms with Crippen LogP contribution < -0.4 is 18.9 Å². The number of hydrogen-bond acceptors (Lipinski definition) is 8. The molecule has 1 fully saturated rings. The molecule has 4 aromatic rings. The quantitative estimate of drug-likeness (QED) is 0.132. The Hall–Kier alpha value is -2.70. The molecule has 0 bridgehead atoms. The van der Waals surface area contributed by atoms with Gasteiger partial charge in [-0.1, -0.05) is 10.2 Å². The predicted octanol–water partition coefficient (Wildman–Crippen LogP) is 6.33. The van der Waals surface area contributed by atoms with Gasteiger partial charge in [-0.25, -0.2) is 9.13 Å². The van der Waals surface area contributed by atoms with Gasteiger partial charge in [-0.15, -0.1) is 9.36 Å². The first-order valence-corrected chi connectivity index (χ1v) is 29.3. The molecule has 2 aromatic heterocycles. The van der Waals surface area contributed by atoms with Gasteiger partial charge in [0.25, 0.3) is 0 Å². The molecule has 0 radical (unpaired) electrons. The molecule has 228 valence electrons. The number of aromatic nitrogens is 6. The van der Waals surface area contributed by atoms with Crippen LogP contribution in [0.15, 0.2) is 69.5 Å². The van der Waals surface area contributed by atoms with E-state index in [1.165, 1.54) is 11.4 Å². The number of halogens is 4. The van der Waals surface area contributed by atoms with Crippen LogP contribution in [-0.4, -0.2) is 45.7 Å². The number of piperazine rings is 1. The van der Waals surface area contributed by atoms with Gasteiger partial charge in [0.2, 0.25) is 12.7 Å². The van der Waals surface area contributed by atoms with Gasteiger partial charge in [0.05, 0.1) is 28.2 Å². The maximum absolute atomic E-state index is 5.05. The van der Waals surface area contributed by atoms with Crippen LogP contribution in [0.1, 0.15) is 11.1 Å². The Balaban J connectivity index is 0.000000782. The van der Waals surface area contributed by atoms with E-state index < -0.39 is 10.8 Å². The van der Waals surface area contributed by atoms with Crippen molar-refractivity contribution in [2.45, 2.75) is 13.8 Å². The monoisotopic (exact) mass is 718 g/mol. The summed E-state index contributed by atoms with van der Waals surface area (Å²) in [5.74, 6) is 1.39. The fourth-order valence-electron chi connectivity index (χ4n) is 4.56. The molecule has 3 heterocycles. The number of benzene rings is 2. The molecule has 1 aliphatic heterocycles. The predicted molar refractivity (Wildman–Crippen MR) is 167 cm³/mol. The first kappa shape index (κ1) is 33.2. The third kappa shape index (κ3) is 9.15. The Bertz CT molecular complexity index is 1460. The molecule has 0 N–H and O–H groups in total. The topological polar surface area (TPSA) is 99.3 Å². The van der Waals surface area contributed by atoms with E-state index in [2.05, 4.69) is 78.6 Å². The van der Waals surface area contributed by atoms with Crippen molar-refractivity contribution in [2.24, 2.45) is 48.6 Å². The Morgan fingerprint density at radius 1 is 0.651 bits per heavy atom. The van der Waals surface area contributed by atoms with E-state index in [1.807, 2.05) is 49.5 Å². The molecule has 0 unspecified atom stereocenters. The van der Waals surface area contributed by atoms with Crippen LogP contribution in [0.25, 0.3) is 0 Å². The minimum absolute atomic E-state index is 0.693. The molecule has 12 nitrogen and oxygen atoms in total. The fraction of sp³-hybridized carbons (Fsp3) is 0.385. The van der Waals surface area contributed by atoms with E-state index in [-0.39, 0.29) is 0 Å². The molecule has 0 saturated carbocycles. The van der Waals surface area contributed by atoms with E-state index in [4.69, 9.17) is 38.8 Å². The summed E-state index contributed by atoms with van der Waals surface area (Å²) < 4.78 is 7.09. The third-order valence-corrected chi connectivity index (χ3v) is 6.87. The molecule has 0 aliphatic carbocycles. The SMILES string of the molecule is Cc1cc(N2CCN(c3ccc(/N=N/c4n(C)nc[n+]4C)c(C)c3)CC2)ccc1/N=N/c1n(C)nc[n+]1C.[Cl][Zn-2]([Cl])([Cl])[Cl]. The second-order valence-corrected chi connectivity index (χ2v) is 38.0. The second-order valence-electron chi connectivity index (χ2n) is 10.3. The van der Waals surface area contributed by atoms with Crippen molar-refractivity contribution in [1.82, 2.24) is 19.6 Å². The number of hydrogen-bond donors (Lipinski definition) is 0. The van der Waals surface area contributed by atoms with E-state index in [0.29, 0.717) is 11.9 Å². The molecule has 2 aromatic carbocycles. The van der Waals surface area contributed by atoms with Crippen molar-refractivity contribution in [1.29, 1.82) is 0 Å². The van der Waals surface area contributed by atoms with Gasteiger partial charge in [-0.05, 0) is 71.6 Å². The number of azo groups is 2. The zero-order valence-corrected chi connectivity index (χ0v) is 31.0. The molecule has 5 rings (SSSR count). The van der Waals surface area contributed by atoms with Crippen molar-refractivity contribution in [3.63, 3.8) is 0 Å². The molecular formula is C26H34Cl4N12Zn. The summed E-state index contributed by atoms with van der Waals surface area (Å²) in [5, 5.41) is 26.0. The first-order valence-electron chi connectivity index (χ1n) is 13.7. The Morgan fingerprint density at radius 3 is 1.28 bits per heavy atom. The Morgan fingerprint density at radius 2 is 1.00 bits per heavy atom. The van der Waals surface area contributed by atoms with Gasteiger partial charge in [0.15, 0.2) is 0 Å². The van der Waals surface area contributed by atoms with Crippen LogP contribution in [0.4, 0.5) is 34.6 Å². The molecule has 0 spiro atoms. The van der Waals surface area contributed by atoms with Crippen LogP contribution in [0, 0.1) is 13.8 Å². The average molecular weight is 722 g/mol. The van der Waals surface area contributed by atoms with Gasteiger partial charge in [-0.3, -0.25) is 0 Å². The number of anilines is 2. The summed E-state index contributed by atoms with van der Waals surface area (Å²) in [6, 6.07) is 12.7. The first-order chi connectivity index (χ1) is 20.3. The summed E-state index contributed by atoms with van der Waals surface area (Å²) in [4.78, 5) is 4.85. The second kappa shape index (κ2) is 14.4. The van der Waals surface area contributed by atoms with Crippen molar-refractivity contribution in [3.05, 3.63) is 60.2 Å². The van der Waals surface area contributed by atoms with Crippen molar-refractivity contribution >= 4 is 73.4 Å². The van der Waals surface area contributed by atoms with Crippen LogP contribution >= 0.6 is 38.8 Å². The fourth-order valence-corrected chi connectivity index (χ4v) is 4.56. The molecule has 1 aliphatic rings. The van der Waals surface area contributed by atoms with Crippen LogP contribution in [-0.2, 0) is 39.0 Å². The molecule has 17 heteroatoms. The van der Waals surface area contributed by atoms with E-state index in [0.717, 1.165) is 48.7 Å². The zero-order valence-electron chi connectivity index (χ0n) is 25.0. The van der Waals surface area contributed by atoms with Gasteiger partial charge < -0.3 is 9.80 Å². The van der Waals surface area contributed by atoms with Crippen molar-refractivity contribution < 1.29 is 19.9 Å². The molecule has 43 heavy (non-hydrogen) atoms. The summed E-state index contributed by atoms with van der Waals surface area (Å²) >= 11 is 0. The average Bonchev–Trinajstić information content (AvgIpc) is 3.45. The van der Waals surface area contributed by atoms with Gasteiger partial charge in [0.1, 0.15) is 11.4 Å². The zero-order chi connectivity index (χ0) is 31.3. The summed E-state index contributed by atoms with van der Waals surface area (Å²) in [6.07, 6.45) is 3.43. The van der Waals surface area contributed by atoms with Gasteiger partial charge in [0, 0.05) is 47.8 Å². The summed E-state index contributed by atoms with van der Waals surface area (Å²) in [7, 11) is 24.3. The van der Waals surface area contributed by atoms with Gasteiger partial charge >= 0.3 is 61.5 Å². The van der Waals surface area contributed by atoms with Crippen LogP contribution in [0.3, 0.4) is 0 Å². The number of aryl methyl sites for hydroxylation is 6. The maximum atomic E-state index is 5.05. The molecular weight excluding hydrogens is 688 g/mol. The van der Waals surface area contributed by atoms with Crippen molar-refractivity contribution in [3.8, 4) is 0 Å². The Labute approximate surface area is 270 Å². The normalized spacial score (nSPS) is 14.1. The third-order valence-electron chi connectivity index (χ3n) is 6.87. The number of nitrogens with zero attached hydrogens (tertiary/aromatic N) is 12. The standard InChI is InChI=1S/C26H34N12.4ClH.Zn/c1-19-15-21(7-9-23(19)29-31-25-33(3)17-27-35(25)5)37-11-13-38(14-12-37)22-8-10-24(20(2)16-22)30-32-26-34(4)18-28-36(26)6;;;;;/h7-10,15-18H,11-14H2,1-6H3;4*1H;/q+2;;;;;+2/p-4. The van der Waals surface area contributed by atoms with Crippen LogP contribution in [0.2, 0.25) is 0 Å². The summed E-state index contributed by atoms with van der Waals surface area (Å²) in [6.45, 7) is 7.94. The molecule has 0 amide bonds.